The minimum absolute atomic E-state index is 0.331. The molecule has 1 aromatic carbocycles. The van der Waals surface area contributed by atoms with Gasteiger partial charge in [0.2, 0.25) is 0 Å². The summed E-state index contributed by atoms with van der Waals surface area (Å²) >= 11 is 0. The van der Waals surface area contributed by atoms with Crippen molar-refractivity contribution in [2.24, 2.45) is 7.05 Å². The fourth-order valence-corrected chi connectivity index (χ4v) is 1.70. The van der Waals surface area contributed by atoms with E-state index in [-0.39, 0.29) is 6.04 Å². The number of nitrogens with zero attached hydrogens (tertiary/aromatic N) is 3. The van der Waals surface area contributed by atoms with E-state index in [1.807, 2.05) is 43.4 Å². The Balaban J connectivity index is 2.03. The Morgan fingerprint density at radius 2 is 2.12 bits per heavy atom. The smallest absolute Gasteiger partial charge is 0.138 e. The van der Waals surface area contributed by atoms with Crippen LogP contribution in [0.25, 0.3) is 0 Å². The third-order valence-electron chi connectivity index (χ3n) is 2.64. The van der Waals surface area contributed by atoms with Gasteiger partial charge >= 0.3 is 0 Å². The van der Waals surface area contributed by atoms with Gasteiger partial charge in [0.05, 0.1) is 11.8 Å². The van der Waals surface area contributed by atoms with E-state index in [1.54, 1.807) is 10.9 Å². The molecule has 0 spiro atoms. The Labute approximate surface area is 100 Å². The second-order valence-corrected chi connectivity index (χ2v) is 3.81. The van der Waals surface area contributed by atoms with Crippen molar-refractivity contribution in [3.8, 4) is 6.07 Å². The third kappa shape index (κ3) is 2.71. The summed E-state index contributed by atoms with van der Waals surface area (Å²) in [6.45, 7) is 0.671. The van der Waals surface area contributed by atoms with Gasteiger partial charge in [0.15, 0.2) is 0 Å². The maximum absolute atomic E-state index is 9.15. The molecule has 1 aromatic heterocycles. The zero-order chi connectivity index (χ0) is 12.1. The molecule has 4 nitrogen and oxygen atoms in total. The van der Waals surface area contributed by atoms with Gasteiger partial charge in [0.25, 0.3) is 0 Å². The average molecular weight is 226 g/mol. The van der Waals surface area contributed by atoms with Crippen LogP contribution in [-0.2, 0) is 13.6 Å². The highest BCUT2D eigenvalue weighted by Crippen LogP contribution is 2.11. The topological polar surface area (TPSA) is 53.6 Å². The lowest BCUT2D eigenvalue weighted by atomic mass is 10.2. The first-order valence-electron chi connectivity index (χ1n) is 5.46. The summed E-state index contributed by atoms with van der Waals surface area (Å²) < 4.78 is 1.71. The Bertz CT molecular complexity index is 510. The summed E-state index contributed by atoms with van der Waals surface area (Å²) in [5.41, 5.74) is 2.04. The van der Waals surface area contributed by atoms with Crippen molar-refractivity contribution in [2.75, 3.05) is 0 Å². The van der Waals surface area contributed by atoms with Crippen LogP contribution >= 0.6 is 0 Å². The summed E-state index contributed by atoms with van der Waals surface area (Å²) in [4.78, 5) is 0. The second kappa shape index (κ2) is 5.28. The van der Waals surface area contributed by atoms with Gasteiger partial charge in [-0.3, -0.25) is 10.00 Å². The molecule has 0 saturated heterocycles. The van der Waals surface area contributed by atoms with E-state index >= 15 is 0 Å². The van der Waals surface area contributed by atoms with Crippen molar-refractivity contribution < 1.29 is 0 Å². The maximum Gasteiger partial charge on any atom is 0.138 e. The molecule has 86 valence electrons. The maximum atomic E-state index is 9.15. The number of aryl methyl sites for hydroxylation is 1. The van der Waals surface area contributed by atoms with E-state index in [2.05, 4.69) is 16.5 Å². The summed E-state index contributed by atoms with van der Waals surface area (Å²) in [5, 5.41) is 16.4. The summed E-state index contributed by atoms with van der Waals surface area (Å²) in [6, 6.07) is 13.8. The van der Waals surface area contributed by atoms with Crippen LogP contribution in [-0.4, -0.2) is 9.78 Å². The summed E-state index contributed by atoms with van der Waals surface area (Å²) in [5.74, 6) is 0. The summed E-state index contributed by atoms with van der Waals surface area (Å²) in [6.07, 6.45) is 1.70. The highest BCUT2D eigenvalue weighted by atomic mass is 15.3. The zero-order valence-electron chi connectivity index (χ0n) is 9.67. The van der Waals surface area contributed by atoms with Gasteiger partial charge in [-0.2, -0.15) is 10.4 Å². The molecule has 4 heteroatoms. The lowest BCUT2D eigenvalue weighted by Gasteiger charge is -2.11. The van der Waals surface area contributed by atoms with Crippen LogP contribution in [0.1, 0.15) is 17.3 Å². The van der Waals surface area contributed by atoms with Gasteiger partial charge in [-0.15, -0.1) is 0 Å². The molecule has 1 atom stereocenters. The van der Waals surface area contributed by atoms with Gasteiger partial charge in [-0.25, -0.2) is 0 Å². The Kier molecular flexibility index (Phi) is 3.53. The molecule has 1 heterocycles. The van der Waals surface area contributed by atoms with E-state index in [0.29, 0.717) is 6.54 Å². The quantitative estimate of drug-likeness (QED) is 0.864. The first kappa shape index (κ1) is 11.4. The normalized spacial score (nSPS) is 12.0. The molecule has 0 aliphatic heterocycles. The molecule has 0 fully saturated rings. The van der Waals surface area contributed by atoms with Gasteiger partial charge in [0, 0.05) is 19.8 Å². The highest BCUT2D eigenvalue weighted by molar-refractivity contribution is 5.18. The molecular formula is C13H14N4. The lowest BCUT2D eigenvalue weighted by molar-refractivity contribution is 0.576. The molecule has 2 aromatic rings. The van der Waals surface area contributed by atoms with E-state index < -0.39 is 0 Å². The van der Waals surface area contributed by atoms with Gasteiger partial charge in [-0.1, -0.05) is 30.3 Å². The molecule has 0 aliphatic rings. The first-order valence-corrected chi connectivity index (χ1v) is 5.46. The fourth-order valence-electron chi connectivity index (χ4n) is 1.70. The number of hydrogen-bond donors (Lipinski definition) is 1. The molecule has 2 rings (SSSR count). The molecule has 0 aliphatic carbocycles. The van der Waals surface area contributed by atoms with Crippen molar-refractivity contribution in [3.63, 3.8) is 0 Å². The molecule has 17 heavy (non-hydrogen) atoms. The van der Waals surface area contributed by atoms with Gasteiger partial charge in [0.1, 0.15) is 6.04 Å². The second-order valence-electron chi connectivity index (χ2n) is 3.81. The van der Waals surface area contributed by atoms with E-state index in [4.69, 9.17) is 5.26 Å². The minimum Gasteiger partial charge on any atom is -0.293 e. The van der Waals surface area contributed by atoms with Crippen molar-refractivity contribution >= 4 is 0 Å². The minimum atomic E-state index is -0.331. The third-order valence-corrected chi connectivity index (χ3v) is 2.64. The molecule has 1 unspecified atom stereocenters. The van der Waals surface area contributed by atoms with Gasteiger partial charge in [-0.05, 0) is 11.6 Å². The van der Waals surface area contributed by atoms with Crippen LogP contribution in [0.2, 0.25) is 0 Å². The van der Waals surface area contributed by atoms with E-state index in [1.165, 1.54) is 0 Å². The van der Waals surface area contributed by atoms with Gasteiger partial charge < -0.3 is 0 Å². The van der Waals surface area contributed by atoms with Crippen LogP contribution in [0.15, 0.2) is 42.6 Å². The number of benzene rings is 1. The molecule has 0 radical (unpaired) electrons. The van der Waals surface area contributed by atoms with Crippen LogP contribution in [0.5, 0.6) is 0 Å². The molecule has 0 saturated carbocycles. The zero-order valence-corrected chi connectivity index (χ0v) is 9.67. The predicted octanol–water partition coefficient (Wildman–Crippen LogP) is 1.77. The number of hydrogen-bond acceptors (Lipinski definition) is 3. The van der Waals surface area contributed by atoms with E-state index in [9.17, 15) is 0 Å². The highest BCUT2D eigenvalue weighted by Gasteiger charge is 2.12. The Morgan fingerprint density at radius 3 is 2.71 bits per heavy atom. The van der Waals surface area contributed by atoms with Crippen molar-refractivity contribution in [3.05, 3.63) is 53.9 Å². The van der Waals surface area contributed by atoms with E-state index in [0.717, 1.165) is 11.3 Å². The first-order chi connectivity index (χ1) is 8.31. The number of nitriles is 1. The van der Waals surface area contributed by atoms with Crippen LogP contribution < -0.4 is 5.32 Å². The van der Waals surface area contributed by atoms with Crippen molar-refractivity contribution in [2.45, 2.75) is 12.6 Å². The SMILES string of the molecule is Cn1nccc1C(C#N)NCc1ccccc1. The van der Waals surface area contributed by atoms with Crippen LogP contribution in [0.4, 0.5) is 0 Å². The van der Waals surface area contributed by atoms with Crippen molar-refractivity contribution in [1.29, 1.82) is 5.26 Å². The Hall–Kier alpha value is -2.12. The predicted molar refractivity (Wildman–Crippen MR) is 64.8 cm³/mol. The standard InChI is InChI=1S/C13H14N4/c1-17-13(7-8-16-17)12(9-14)15-10-11-5-3-2-4-6-11/h2-8,12,15H,10H2,1H3. The fraction of sp³-hybridized carbons (Fsp3) is 0.231. The van der Waals surface area contributed by atoms with Crippen LogP contribution in [0, 0.1) is 11.3 Å². The lowest BCUT2D eigenvalue weighted by Crippen LogP contribution is -2.21. The van der Waals surface area contributed by atoms with Crippen molar-refractivity contribution in [1.82, 2.24) is 15.1 Å². The molecule has 0 bridgehead atoms. The largest absolute Gasteiger partial charge is 0.293 e. The molecular weight excluding hydrogens is 212 g/mol. The van der Waals surface area contributed by atoms with Crippen LogP contribution in [0.3, 0.4) is 0 Å². The molecule has 1 N–H and O–H groups in total. The Morgan fingerprint density at radius 1 is 1.35 bits per heavy atom. The number of aromatic nitrogens is 2. The average Bonchev–Trinajstić information content (AvgIpc) is 2.78. The number of rotatable bonds is 4. The monoisotopic (exact) mass is 226 g/mol. The number of nitrogens with one attached hydrogen (secondary N) is 1. The summed E-state index contributed by atoms with van der Waals surface area (Å²) in [7, 11) is 1.84. The molecule has 0 amide bonds.